The summed E-state index contributed by atoms with van der Waals surface area (Å²) < 4.78 is 5.40. The highest BCUT2D eigenvalue weighted by molar-refractivity contribution is 5.82. The normalized spacial score (nSPS) is 11.2. The number of para-hydroxylation sites is 2. The molecule has 0 aliphatic heterocycles. The summed E-state index contributed by atoms with van der Waals surface area (Å²) in [4.78, 5) is 7.86. The summed E-state index contributed by atoms with van der Waals surface area (Å²) in [6.07, 6.45) is 3.38. The second-order valence-corrected chi connectivity index (χ2v) is 4.24. The minimum Gasteiger partial charge on any atom is -0.463 e. The Hall–Kier alpha value is -2.82. The Labute approximate surface area is 108 Å². The molecule has 1 aromatic carbocycles. The van der Waals surface area contributed by atoms with Crippen molar-refractivity contribution in [3.63, 3.8) is 0 Å². The van der Waals surface area contributed by atoms with E-state index in [-0.39, 0.29) is 0 Å². The Morgan fingerprint density at radius 3 is 2.84 bits per heavy atom. The molecule has 0 bridgehead atoms. The van der Waals surface area contributed by atoms with Gasteiger partial charge in [-0.1, -0.05) is 12.1 Å². The van der Waals surface area contributed by atoms with E-state index in [4.69, 9.17) is 4.42 Å². The van der Waals surface area contributed by atoms with Gasteiger partial charge in [0.2, 0.25) is 0 Å². The van der Waals surface area contributed by atoms with Crippen LogP contribution in [0.5, 0.6) is 0 Å². The monoisotopic (exact) mass is 250 g/mol. The molecular weight excluding hydrogens is 240 g/mol. The van der Waals surface area contributed by atoms with Crippen LogP contribution in [0.15, 0.2) is 53.3 Å². The zero-order valence-electron chi connectivity index (χ0n) is 9.92. The predicted octanol–water partition coefficient (Wildman–Crippen LogP) is 3.21. The number of nitrogens with zero attached hydrogens (tertiary/aromatic N) is 2. The molecule has 4 rings (SSSR count). The first-order valence-electron chi connectivity index (χ1n) is 5.94. The molecule has 0 fully saturated rings. The summed E-state index contributed by atoms with van der Waals surface area (Å²) in [6, 6.07) is 11.7. The number of fused-ring (bicyclic) bond motifs is 1. The second kappa shape index (κ2) is 3.84. The SMILES string of the molecule is c1coc(-c2[nH]ncc2-c2nc3ccccc3[nH]2)c1. The van der Waals surface area contributed by atoms with Crippen molar-refractivity contribution in [2.45, 2.75) is 0 Å². The molecule has 0 aliphatic rings. The van der Waals surface area contributed by atoms with E-state index >= 15 is 0 Å². The molecule has 4 aromatic rings. The largest absolute Gasteiger partial charge is 0.463 e. The Balaban J connectivity index is 1.91. The molecule has 0 saturated heterocycles. The number of H-pyrrole nitrogens is 2. The van der Waals surface area contributed by atoms with Crippen LogP contribution >= 0.6 is 0 Å². The molecule has 3 heterocycles. The van der Waals surface area contributed by atoms with Crippen molar-refractivity contribution in [2.75, 3.05) is 0 Å². The molecule has 5 nitrogen and oxygen atoms in total. The first kappa shape index (κ1) is 10.1. The number of nitrogens with one attached hydrogen (secondary N) is 2. The third kappa shape index (κ3) is 1.55. The van der Waals surface area contributed by atoms with E-state index in [1.54, 1.807) is 12.5 Å². The lowest BCUT2D eigenvalue weighted by molar-refractivity contribution is 0.580. The second-order valence-electron chi connectivity index (χ2n) is 4.24. The van der Waals surface area contributed by atoms with Crippen LogP contribution in [0, 0.1) is 0 Å². The lowest BCUT2D eigenvalue weighted by atomic mass is 10.2. The van der Waals surface area contributed by atoms with E-state index in [0.717, 1.165) is 33.9 Å². The van der Waals surface area contributed by atoms with Crippen LogP contribution in [0.3, 0.4) is 0 Å². The van der Waals surface area contributed by atoms with Crippen molar-refractivity contribution >= 4 is 11.0 Å². The van der Waals surface area contributed by atoms with E-state index in [2.05, 4.69) is 20.2 Å². The summed E-state index contributed by atoms with van der Waals surface area (Å²) in [5.41, 5.74) is 3.66. The quantitative estimate of drug-likeness (QED) is 0.573. The molecule has 3 aromatic heterocycles. The highest BCUT2D eigenvalue weighted by atomic mass is 16.3. The van der Waals surface area contributed by atoms with Crippen LogP contribution in [-0.4, -0.2) is 20.2 Å². The first-order chi connectivity index (χ1) is 9.42. The van der Waals surface area contributed by atoms with Gasteiger partial charge in [-0.2, -0.15) is 5.10 Å². The fourth-order valence-electron chi connectivity index (χ4n) is 2.15. The van der Waals surface area contributed by atoms with Gasteiger partial charge < -0.3 is 9.40 Å². The van der Waals surface area contributed by atoms with E-state index in [9.17, 15) is 0 Å². The summed E-state index contributed by atoms with van der Waals surface area (Å²) in [6.45, 7) is 0. The molecule has 0 atom stereocenters. The van der Waals surface area contributed by atoms with E-state index in [1.165, 1.54) is 0 Å². The summed E-state index contributed by atoms with van der Waals surface area (Å²) in [5, 5.41) is 7.03. The van der Waals surface area contributed by atoms with Gasteiger partial charge in [0.1, 0.15) is 11.5 Å². The van der Waals surface area contributed by atoms with Crippen LogP contribution in [-0.2, 0) is 0 Å². The zero-order valence-corrected chi connectivity index (χ0v) is 9.92. The molecule has 0 amide bonds. The van der Waals surface area contributed by atoms with E-state index in [1.807, 2.05) is 36.4 Å². The number of aromatic amines is 2. The summed E-state index contributed by atoms with van der Waals surface area (Å²) >= 11 is 0. The maximum atomic E-state index is 5.40. The number of imidazole rings is 1. The van der Waals surface area contributed by atoms with Gasteiger partial charge in [0.25, 0.3) is 0 Å². The molecule has 5 heteroatoms. The van der Waals surface area contributed by atoms with Gasteiger partial charge in [0, 0.05) is 0 Å². The van der Waals surface area contributed by atoms with Crippen molar-refractivity contribution in [3.8, 4) is 22.8 Å². The molecule has 0 spiro atoms. The molecule has 92 valence electrons. The van der Waals surface area contributed by atoms with Crippen LogP contribution in [0.2, 0.25) is 0 Å². The lowest BCUT2D eigenvalue weighted by Crippen LogP contribution is -1.82. The standard InChI is InChI=1S/C14H10N4O/c1-2-5-11-10(4-1)16-14(17-11)9-8-15-18-13(9)12-6-3-7-19-12/h1-8H,(H,15,18)(H,16,17). The summed E-state index contributed by atoms with van der Waals surface area (Å²) in [7, 11) is 0. The van der Waals surface area contributed by atoms with Gasteiger partial charge in [-0.3, -0.25) is 5.10 Å². The molecule has 2 N–H and O–H groups in total. The molecule has 0 unspecified atom stereocenters. The fourth-order valence-corrected chi connectivity index (χ4v) is 2.15. The van der Waals surface area contributed by atoms with Crippen molar-refractivity contribution in [1.29, 1.82) is 0 Å². The minimum absolute atomic E-state index is 0.743. The topological polar surface area (TPSA) is 70.5 Å². The van der Waals surface area contributed by atoms with Crippen LogP contribution in [0.4, 0.5) is 0 Å². The number of benzene rings is 1. The third-order valence-corrected chi connectivity index (χ3v) is 3.05. The Morgan fingerprint density at radius 1 is 1.05 bits per heavy atom. The number of hydrogen-bond acceptors (Lipinski definition) is 3. The highest BCUT2D eigenvalue weighted by Gasteiger charge is 2.14. The Morgan fingerprint density at radius 2 is 2.00 bits per heavy atom. The van der Waals surface area contributed by atoms with E-state index < -0.39 is 0 Å². The van der Waals surface area contributed by atoms with Crippen LogP contribution in [0.25, 0.3) is 33.9 Å². The maximum absolute atomic E-state index is 5.40. The number of rotatable bonds is 2. The molecule has 0 radical (unpaired) electrons. The fraction of sp³-hybridized carbons (Fsp3) is 0. The number of aromatic nitrogens is 4. The average Bonchev–Trinajstić information content (AvgIpc) is 3.17. The van der Waals surface area contributed by atoms with E-state index in [0.29, 0.717) is 0 Å². The van der Waals surface area contributed by atoms with Gasteiger partial charge in [0.15, 0.2) is 5.76 Å². The van der Waals surface area contributed by atoms with Crippen molar-refractivity contribution < 1.29 is 4.42 Å². The molecular formula is C14H10N4O. The first-order valence-corrected chi connectivity index (χ1v) is 5.94. The molecule has 0 saturated carbocycles. The smallest absolute Gasteiger partial charge is 0.152 e. The molecule has 19 heavy (non-hydrogen) atoms. The Bertz CT molecular complexity index is 793. The van der Waals surface area contributed by atoms with Crippen LogP contribution < -0.4 is 0 Å². The van der Waals surface area contributed by atoms with Crippen molar-refractivity contribution in [3.05, 3.63) is 48.9 Å². The highest BCUT2D eigenvalue weighted by Crippen LogP contribution is 2.29. The maximum Gasteiger partial charge on any atom is 0.152 e. The van der Waals surface area contributed by atoms with Gasteiger partial charge in [-0.15, -0.1) is 0 Å². The number of hydrogen-bond donors (Lipinski definition) is 2. The van der Waals surface area contributed by atoms with Crippen molar-refractivity contribution in [1.82, 2.24) is 20.2 Å². The number of furan rings is 1. The Kier molecular flexibility index (Phi) is 2.05. The molecule has 0 aliphatic carbocycles. The van der Waals surface area contributed by atoms with Gasteiger partial charge in [-0.25, -0.2) is 4.98 Å². The van der Waals surface area contributed by atoms with Gasteiger partial charge in [-0.05, 0) is 24.3 Å². The van der Waals surface area contributed by atoms with Gasteiger partial charge >= 0.3 is 0 Å². The lowest BCUT2D eigenvalue weighted by Gasteiger charge is -1.95. The zero-order chi connectivity index (χ0) is 12.7. The van der Waals surface area contributed by atoms with Crippen LogP contribution in [0.1, 0.15) is 0 Å². The van der Waals surface area contributed by atoms with Gasteiger partial charge in [0.05, 0.1) is 29.1 Å². The predicted molar refractivity (Wildman–Crippen MR) is 71.4 cm³/mol. The average molecular weight is 250 g/mol. The van der Waals surface area contributed by atoms with Crippen molar-refractivity contribution in [2.24, 2.45) is 0 Å². The third-order valence-electron chi connectivity index (χ3n) is 3.05. The summed E-state index contributed by atoms with van der Waals surface area (Å²) in [5.74, 6) is 1.52. The minimum atomic E-state index is 0.743.